The molecule has 2 rings (SSSR count). The minimum atomic E-state index is -0.431. The largest absolute Gasteiger partial charge is 0.389 e. The molecule has 2 aliphatic carbocycles. The Balaban J connectivity index is 1.83. The summed E-state index contributed by atoms with van der Waals surface area (Å²) in [4.78, 5) is 0. The van der Waals surface area contributed by atoms with Gasteiger partial charge in [-0.25, -0.2) is 0 Å². The van der Waals surface area contributed by atoms with Gasteiger partial charge in [-0.1, -0.05) is 33.6 Å². The van der Waals surface area contributed by atoms with Crippen molar-refractivity contribution >= 4 is 0 Å². The zero-order chi connectivity index (χ0) is 13.2. The first kappa shape index (κ1) is 14.3. The fourth-order valence-corrected chi connectivity index (χ4v) is 3.66. The van der Waals surface area contributed by atoms with Gasteiger partial charge >= 0.3 is 0 Å². The van der Waals surface area contributed by atoms with E-state index in [1.165, 1.54) is 38.5 Å². The molecule has 1 unspecified atom stereocenters. The van der Waals surface area contributed by atoms with E-state index >= 15 is 0 Å². The Kier molecular flexibility index (Phi) is 4.38. The second-order valence-corrected chi connectivity index (χ2v) is 7.57. The molecule has 0 saturated heterocycles. The maximum atomic E-state index is 10.6. The Hall–Kier alpha value is -0.0800. The summed E-state index contributed by atoms with van der Waals surface area (Å²) < 4.78 is 0. The van der Waals surface area contributed by atoms with Gasteiger partial charge in [0.25, 0.3) is 0 Å². The van der Waals surface area contributed by atoms with E-state index in [2.05, 4.69) is 26.1 Å². The fourth-order valence-electron chi connectivity index (χ4n) is 3.66. The van der Waals surface area contributed by atoms with Gasteiger partial charge in [0, 0.05) is 12.6 Å². The van der Waals surface area contributed by atoms with Gasteiger partial charge in [0.05, 0.1) is 5.60 Å². The normalized spacial score (nSPS) is 40.7. The van der Waals surface area contributed by atoms with Crippen LogP contribution < -0.4 is 5.32 Å². The molecule has 106 valence electrons. The van der Waals surface area contributed by atoms with Crippen LogP contribution in [0.1, 0.15) is 72.1 Å². The number of rotatable bonds is 3. The van der Waals surface area contributed by atoms with Crippen molar-refractivity contribution in [2.75, 3.05) is 6.54 Å². The maximum absolute atomic E-state index is 10.6. The minimum Gasteiger partial charge on any atom is -0.389 e. The van der Waals surface area contributed by atoms with Crippen molar-refractivity contribution in [3.63, 3.8) is 0 Å². The summed E-state index contributed by atoms with van der Waals surface area (Å²) >= 11 is 0. The average Bonchev–Trinajstić information content (AvgIpc) is 2.32. The van der Waals surface area contributed by atoms with E-state index in [-0.39, 0.29) is 0 Å². The van der Waals surface area contributed by atoms with Crippen molar-refractivity contribution in [3.05, 3.63) is 0 Å². The van der Waals surface area contributed by atoms with Crippen LogP contribution in [0.4, 0.5) is 0 Å². The van der Waals surface area contributed by atoms with Crippen molar-refractivity contribution in [1.29, 1.82) is 0 Å². The summed E-state index contributed by atoms with van der Waals surface area (Å²) in [6.45, 7) is 7.85. The van der Waals surface area contributed by atoms with Crippen LogP contribution in [0.25, 0.3) is 0 Å². The van der Waals surface area contributed by atoms with Crippen LogP contribution >= 0.6 is 0 Å². The maximum Gasteiger partial charge on any atom is 0.0771 e. The zero-order valence-electron chi connectivity index (χ0n) is 12.5. The summed E-state index contributed by atoms with van der Waals surface area (Å²) in [5.41, 5.74) is -0.0311. The molecule has 0 radical (unpaired) electrons. The Morgan fingerprint density at radius 3 is 2.33 bits per heavy atom. The monoisotopic (exact) mass is 253 g/mol. The lowest BCUT2D eigenvalue weighted by molar-refractivity contribution is -0.0136. The fraction of sp³-hybridized carbons (Fsp3) is 1.00. The third-order valence-electron chi connectivity index (χ3n) is 5.39. The lowest BCUT2D eigenvalue weighted by Gasteiger charge is -2.42. The van der Waals surface area contributed by atoms with Crippen molar-refractivity contribution < 1.29 is 5.11 Å². The molecular weight excluding hydrogens is 222 g/mol. The van der Waals surface area contributed by atoms with Gasteiger partial charge in [-0.15, -0.1) is 0 Å². The summed E-state index contributed by atoms with van der Waals surface area (Å²) in [7, 11) is 0. The number of nitrogens with one attached hydrogen (secondary N) is 1. The Labute approximate surface area is 113 Å². The Morgan fingerprint density at radius 1 is 1.06 bits per heavy atom. The lowest BCUT2D eigenvalue weighted by atomic mass is 9.72. The van der Waals surface area contributed by atoms with Gasteiger partial charge in [0.2, 0.25) is 0 Å². The first-order valence-electron chi connectivity index (χ1n) is 7.87. The molecule has 18 heavy (non-hydrogen) atoms. The average molecular weight is 253 g/mol. The first-order valence-corrected chi connectivity index (χ1v) is 7.87. The van der Waals surface area contributed by atoms with E-state index < -0.39 is 5.60 Å². The van der Waals surface area contributed by atoms with Crippen LogP contribution in [0.5, 0.6) is 0 Å². The van der Waals surface area contributed by atoms with Gasteiger partial charge < -0.3 is 10.4 Å². The predicted molar refractivity (Wildman–Crippen MR) is 76.6 cm³/mol. The van der Waals surface area contributed by atoms with E-state index in [0.29, 0.717) is 11.5 Å². The highest BCUT2D eigenvalue weighted by molar-refractivity contribution is 4.92. The van der Waals surface area contributed by atoms with Gasteiger partial charge in [-0.3, -0.25) is 0 Å². The molecule has 0 bridgehead atoms. The third-order valence-corrected chi connectivity index (χ3v) is 5.39. The van der Waals surface area contributed by atoms with Crippen LogP contribution in [0, 0.1) is 11.3 Å². The molecule has 2 saturated carbocycles. The van der Waals surface area contributed by atoms with Crippen molar-refractivity contribution in [2.45, 2.75) is 83.8 Å². The number of hydrogen-bond donors (Lipinski definition) is 2. The van der Waals surface area contributed by atoms with Crippen LogP contribution in [-0.2, 0) is 0 Å². The Morgan fingerprint density at radius 2 is 1.72 bits per heavy atom. The molecule has 0 spiro atoms. The quantitative estimate of drug-likeness (QED) is 0.807. The summed E-state index contributed by atoms with van der Waals surface area (Å²) in [5, 5.41) is 14.3. The standard InChI is InChI=1S/C16H31NO/c1-13-7-10-16(18,11-8-13)12-17-14-6-4-5-9-15(14,2)3/h13-14,17-18H,4-12H2,1-3H3. The van der Waals surface area contributed by atoms with Gasteiger partial charge in [0.1, 0.15) is 0 Å². The predicted octanol–water partition coefficient (Wildman–Crippen LogP) is 3.49. The van der Waals surface area contributed by atoms with E-state index in [9.17, 15) is 5.11 Å². The minimum absolute atomic E-state index is 0.399. The van der Waals surface area contributed by atoms with Crippen LogP contribution in [0.3, 0.4) is 0 Å². The molecule has 0 heterocycles. The molecule has 2 fully saturated rings. The number of aliphatic hydroxyl groups is 1. The lowest BCUT2D eigenvalue weighted by Crippen LogP contribution is -2.51. The molecule has 0 aromatic heterocycles. The molecule has 0 amide bonds. The van der Waals surface area contributed by atoms with Crippen LogP contribution in [0.2, 0.25) is 0 Å². The summed E-state index contributed by atoms with van der Waals surface area (Å²) in [6.07, 6.45) is 9.64. The molecule has 2 nitrogen and oxygen atoms in total. The van der Waals surface area contributed by atoms with E-state index in [1.54, 1.807) is 0 Å². The molecule has 0 aromatic carbocycles. The van der Waals surface area contributed by atoms with Gasteiger partial charge in [0.15, 0.2) is 0 Å². The third kappa shape index (κ3) is 3.48. The van der Waals surface area contributed by atoms with E-state index in [0.717, 1.165) is 25.3 Å². The second-order valence-electron chi connectivity index (χ2n) is 7.57. The topological polar surface area (TPSA) is 32.3 Å². The Bertz CT molecular complexity index is 266. The van der Waals surface area contributed by atoms with Crippen molar-refractivity contribution in [1.82, 2.24) is 5.32 Å². The molecule has 0 aromatic rings. The SMILES string of the molecule is CC1CCC(O)(CNC2CCCCC2(C)C)CC1. The zero-order valence-corrected chi connectivity index (χ0v) is 12.5. The van der Waals surface area contributed by atoms with Gasteiger partial charge in [-0.05, 0) is 49.9 Å². The van der Waals surface area contributed by atoms with E-state index in [1.807, 2.05) is 0 Å². The summed E-state index contributed by atoms with van der Waals surface area (Å²) in [5.74, 6) is 0.802. The van der Waals surface area contributed by atoms with Crippen LogP contribution in [0.15, 0.2) is 0 Å². The molecule has 0 aliphatic heterocycles. The second kappa shape index (κ2) is 5.50. The molecular formula is C16H31NO. The van der Waals surface area contributed by atoms with Crippen molar-refractivity contribution in [2.24, 2.45) is 11.3 Å². The molecule has 2 aliphatic rings. The molecule has 1 atom stereocenters. The molecule has 2 N–H and O–H groups in total. The van der Waals surface area contributed by atoms with Crippen LogP contribution in [-0.4, -0.2) is 23.3 Å². The summed E-state index contributed by atoms with van der Waals surface area (Å²) in [6, 6.07) is 0.592. The van der Waals surface area contributed by atoms with E-state index in [4.69, 9.17) is 0 Å². The highest BCUT2D eigenvalue weighted by Gasteiger charge is 2.36. The molecule has 2 heteroatoms. The smallest absolute Gasteiger partial charge is 0.0771 e. The van der Waals surface area contributed by atoms with Gasteiger partial charge in [-0.2, -0.15) is 0 Å². The first-order chi connectivity index (χ1) is 8.41. The number of hydrogen-bond acceptors (Lipinski definition) is 2. The van der Waals surface area contributed by atoms with Crippen molar-refractivity contribution in [3.8, 4) is 0 Å². The highest BCUT2D eigenvalue weighted by atomic mass is 16.3. The highest BCUT2D eigenvalue weighted by Crippen LogP contribution is 2.36.